The van der Waals surface area contributed by atoms with Crippen LogP contribution in [0, 0.1) is 5.41 Å². The first-order valence-electron chi connectivity index (χ1n) is 21.4. The molecule has 2 aromatic carbocycles. The fourth-order valence-electron chi connectivity index (χ4n) is 7.91. The van der Waals surface area contributed by atoms with Gasteiger partial charge in [0.05, 0.1) is 81.1 Å². The molecule has 0 bridgehead atoms. The van der Waals surface area contributed by atoms with Crippen molar-refractivity contribution < 1.29 is 46.6 Å². The molecule has 0 radical (unpaired) electrons. The Hall–Kier alpha value is -3.98. The van der Waals surface area contributed by atoms with Gasteiger partial charge in [-0.3, -0.25) is 8.98 Å². The Morgan fingerprint density at radius 2 is 1.52 bits per heavy atom. The highest BCUT2D eigenvalue weighted by Crippen LogP contribution is 2.49. The molecule has 12 nitrogen and oxygen atoms in total. The van der Waals surface area contributed by atoms with Crippen molar-refractivity contribution in [3.8, 4) is 5.75 Å². The van der Waals surface area contributed by atoms with Gasteiger partial charge in [0.2, 0.25) is 0 Å². The number of nitrogens with zero attached hydrogens (tertiary/aromatic N) is 2. The number of aliphatic carboxylic acids is 1. The molecule has 61 heavy (non-hydrogen) atoms. The molecule has 0 aromatic heterocycles. The highest BCUT2D eigenvalue weighted by atomic mass is 32.2. The van der Waals surface area contributed by atoms with Crippen LogP contribution in [0.1, 0.15) is 104 Å². The van der Waals surface area contributed by atoms with Crippen LogP contribution in [0.25, 0.3) is 11.1 Å². The van der Waals surface area contributed by atoms with Gasteiger partial charge in [0.15, 0.2) is 0 Å². The number of hydrogen-bond donors (Lipinski definition) is 1. The van der Waals surface area contributed by atoms with E-state index in [0.29, 0.717) is 71.5 Å². The molecule has 2 aliphatic rings. The van der Waals surface area contributed by atoms with Crippen LogP contribution >= 0.6 is 0 Å². The van der Waals surface area contributed by atoms with Crippen molar-refractivity contribution in [3.63, 3.8) is 0 Å². The van der Waals surface area contributed by atoms with Gasteiger partial charge in [0.1, 0.15) is 0 Å². The van der Waals surface area contributed by atoms with Gasteiger partial charge in [-0.25, -0.2) is 0 Å². The monoisotopic (exact) mass is 867 g/mol. The Labute approximate surface area is 365 Å². The van der Waals surface area contributed by atoms with Crippen molar-refractivity contribution >= 4 is 38.6 Å². The summed E-state index contributed by atoms with van der Waals surface area (Å²) in [5.41, 5.74) is 6.97. The minimum absolute atomic E-state index is 0.0141. The zero-order valence-electron chi connectivity index (χ0n) is 38.2. The van der Waals surface area contributed by atoms with Crippen molar-refractivity contribution in [1.82, 2.24) is 0 Å². The Balaban J connectivity index is 1.63. The third kappa shape index (κ3) is 13.5. The minimum Gasteiger partial charge on any atom is -0.593 e. The number of anilines is 2. The minimum atomic E-state index is -3.91. The van der Waals surface area contributed by atoms with E-state index in [9.17, 15) is 23.4 Å². The van der Waals surface area contributed by atoms with E-state index < -0.39 is 21.5 Å². The van der Waals surface area contributed by atoms with Gasteiger partial charge in [-0.05, 0) is 92.5 Å². The lowest BCUT2D eigenvalue weighted by Gasteiger charge is -2.43. The highest BCUT2D eigenvalue weighted by Gasteiger charge is 2.40. The van der Waals surface area contributed by atoms with Gasteiger partial charge in [-0.1, -0.05) is 65.3 Å². The standard InChI is InChI=1S/C48H70N2O10S/c1-35-34-47(5,6)50(23-24-58-27-28-60-30-29-59-26-25-56-9)42-33-43(51)39(32-38(35)42)36(20-21-46(2,3)4)15-14-16-44-48(7,8)40-31-37(61(54,55)57-10)18-19-41(40)49(44)22-13-11-12-17-45(52)53/h14-16,18-20,31-34,51H,11-13,17,21-30H2,1-10H3,(H,52,53)/p+1/b15-14+,36-20-,44-16-. The van der Waals surface area contributed by atoms with E-state index in [0.717, 1.165) is 71.3 Å². The SMILES string of the molecule is COCCOCCOCCOCCN1c2cc([OH2+])c(C(=C\CC(C)(C)C)/C=C/C=C3\N(CCCCCC(=O)O)c4ccc(S(=O)(=O)OC)cc4C3(C)C)cc2C(C)=CC1(C)C. The number of methoxy groups -OCH3 is 1. The maximum Gasteiger partial charge on any atom is 0.303 e. The number of fused-ring (bicyclic) bond motifs is 2. The first kappa shape index (κ1) is 49.7. The number of carboxylic acids is 1. The molecule has 2 aliphatic heterocycles. The van der Waals surface area contributed by atoms with Crippen LogP contribution in [0.4, 0.5) is 11.4 Å². The maximum atomic E-state index is 12.8. The molecule has 0 atom stereocenters. The van der Waals surface area contributed by atoms with Crippen LogP contribution in [0.5, 0.6) is 5.75 Å². The molecule has 13 heteroatoms. The van der Waals surface area contributed by atoms with Crippen molar-refractivity contribution in [2.75, 3.05) is 83.4 Å². The lowest BCUT2D eigenvalue weighted by Crippen LogP contribution is -2.46. The van der Waals surface area contributed by atoms with Crippen LogP contribution < -0.4 is 9.80 Å². The van der Waals surface area contributed by atoms with Crippen molar-refractivity contribution in [2.24, 2.45) is 5.41 Å². The van der Waals surface area contributed by atoms with Gasteiger partial charge in [-0.2, -0.15) is 8.42 Å². The molecule has 3 N–H and O–H groups in total. The number of ether oxygens (including phenoxy) is 4. The van der Waals surface area contributed by atoms with E-state index in [-0.39, 0.29) is 22.3 Å². The largest absolute Gasteiger partial charge is 0.593 e. The number of unbranched alkanes of at least 4 members (excludes halogenated alkanes) is 2. The van der Waals surface area contributed by atoms with Crippen molar-refractivity contribution in [3.05, 3.63) is 83.1 Å². The van der Waals surface area contributed by atoms with E-state index in [1.54, 1.807) is 19.2 Å². The molecule has 4 rings (SSSR count). The molecule has 0 saturated heterocycles. The first-order valence-corrected chi connectivity index (χ1v) is 22.8. The quantitative estimate of drug-likeness (QED) is 0.0467. The third-order valence-electron chi connectivity index (χ3n) is 11.2. The average Bonchev–Trinajstić information content (AvgIpc) is 3.39. The second kappa shape index (κ2) is 21.9. The molecule has 0 aliphatic carbocycles. The summed E-state index contributed by atoms with van der Waals surface area (Å²) < 4.78 is 52.4. The summed E-state index contributed by atoms with van der Waals surface area (Å²) in [5, 5.41) is 18.6. The van der Waals surface area contributed by atoms with Gasteiger partial charge in [-0.15, -0.1) is 0 Å². The normalized spacial score (nSPS) is 17.0. The van der Waals surface area contributed by atoms with Gasteiger partial charge >= 0.3 is 5.97 Å². The predicted molar refractivity (Wildman–Crippen MR) is 245 cm³/mol. The molecule has 0 fully saturated rings. The Kier molecular flexibility index (Phi) is 17.8. The second-order valence-electron chi connectivity index (χ2n) is 18.0. The molecule has 0 unspecified atom stereocenters. The van der Waals surface area contributed by atoms with E-state index in [1.165, 1.54) is 0 Å². The van der Waals surface area contributed by atoms with Crippen molar-refractivity contribution in [1.29, 1.82) is 0 Å². The molecule has 0 spiro atoms. The zero-order chi connectivity index (χ0) is 45.0. The Bertz CT molecular complexity index is 2040. The Morgan fingerprint density at radius 3 is 2.15 bits per heavy atom. The lowest BCUT2D eigenvalue weighted by molar-refractivity contribution is -0.137. The van der Waals surface area contributed by atoms with Gasteiger partial charge in [0, 0.05) is 49.0 Å². The summed E-state index contributed by atoms with van der Waals surface area (Å²) in [7, 11) is -1.10. The summed E-state index contributed by atoms with van der Waals surface area (Å²) in [5.74, 6) is -0.376. The first-order chi connectivity index (χ1) is 28.7. The third-order valence-corrected chi connectivity index (χ3v) is 12.4. The van der Waals surface area contributed by atoms with E-state index in [2.05, 4.69) is 95.6 Å². The highest BCUT2D eigenvalue weighted by molar-refractivity contribution is 7.86. The average molecular weight is 868 g/mol. The Morgan fingerprint density at radius 1 is 0.869 bits per heavy atom. The smallest absolute Gasteiger partial charge is 0.303 e. The number of allylic oxidation sites excluding steroid dienone is 7. The number of hydrogen-bond acceptors (Lipinski definition) is 10. The van der Waals surface area contributed by atoms with Gasteiger partial charge in [0.25, 0.3) is 15.9 Å². The molecular formula is C48H71N2O10S+. The van der Waals surface area contributed by atoms with Crippen LogP contribution in [-0.2, 0) is 43.5 Å². The molecule has 2 aromatic rings. The summed E-state index contributed by atoms with van der Waals surface area (Å²) in [6.45, 7) is 22.2. The topological polar surface area (TPSA) is 147 Å². The number of benzene rings is 2. The fraction of sp³-hybridized carbons (Fsp3) is 0.562. The van der Waals surface area contributed by atoms with Crippen LogP contribution in [0.15, 0.2) is 71.3 Å². The molecule has 2 heterocycles. The summed E-state index contributed by atoms with van der Waals surface area (Å²) >= 11 is 0. The van der Waals surface area contributed by atoms with E-state index in [1.807, 2.05) is 18.2 Å². The number of rotatable bonds is 24. The number of carboxylic acid groups (broad SMARTS) is 1. The summed E-state index contributed by atoms with van der Waals surface area (Å²) in [6, 6.07) is 9.26. The fourth-order valence-corrected chi connectivity index (χ4v) is 8.60. The zero-order valence-corrected chi connectivity index (χ0v) is 39.0. The van der Waals surface area contributed by atoms with Crippen molar-refractivity contribution in [2.45, 2.75) is 103 Å². The van der Waals surface area contributed by atoms with Crippen LogP contribution in [-0.4, -0.2) is 104 Å². The molecule has 0 saturated carbocycles. The molecule has 0 amide bonds. The van der Waals surface area contributed by atoms with E-state index in [4.69, 9.17) is 23.1 Å². The predicted octanol–water partition coefficient (Wildman–Crippen LogP) is 8.86. The van der Waals surface area contributed by atoms with Crippen LogP contribution in [0.3, 0.4) is 0 Å². The maximum absolute atomic E-state index is 12.8. The van der Waals surface area contributed by atoms with E-state index >= 15 is 0 Å². The second-order valence-corrected chi connectivity index (χ2v) is 19.7. The molecular weight excluding hydrogens is 797 g/mol. The number of carbonyl (C=O) groups is 1. The summed E-state index contributed by atoms with van der Waals surface area (Å²) in [6.07, 6.45) is 13.7. The van der Waals surface area contributed by atoms with Gasteiger partial charge < -0.3 is 39.0 Å². The summed E-state index contributed by atoms with van der Waals surface area (Å²) in [4.78, 5) is 15.8. The van der Waals surface area contributed by atoms with Crippen LogP contribution in [0.2, 0.25) is 0 Å². The lowest BCUT2D eigenvalue weighted by atomic mass is 9.83. The molecule has 338 valence electrons.